The first-order valence-electron chi connectivity index (χ1n) is 7.81. The molecule has 1 amide bonds. The van der Waals surface area contributed by atoms with Gasteiger partial charge in [-0.15, -0.1) is 0 Å². The van der Waals surface area contributed by atoms with Crippen molar-refractivity contribution in [2.45, 2.75) is 24.9 Å². The summed E-state index contributed by atoms with van der Waals surface area (Å²) in [5.41, 5.74) is 2.96. The van der Waals surface area contributed by atoms with Crippen LogP contribution >= 0.6 is 0 Å². The number of hydrogen-bond donors (Lipinski definition) is 3. The van der Waals surface area contributed by atoms with E-state index in [2.05, 4.69) is 10.3 Å². The molecule has 0 spiro atoms. The number of hydrogen-bond acceptors (Lipinski definition) is 3. The Morgan fingerprint density at radius 3 is 3.09 bits per heavy atom. The fraction of sp³-hybridized carbons (Fsp3) is 0.278. The van der Waals surface area contributed by atoms with Gasteiger partial charge in [-0.1, -0.05) is 24.3 Å². The van der Waals surface area contributed by atoms with Crippen LogP contribution in [0.25, 0.3) is 11.1 Å². The van der Waals surface area contributed by atoms with Gasteiger partial charge in [0.2, 0.25) is 0 Å². The topological polar surface area (TPSA) is 78.3 Å². The maximum absolute atomic E-state index is 12.3. The van der Waals surface area contributed by atoms with Gasteiger partial charge in [-0.05, 0) is 30.4 Å². The molecular formula is C18H18N2O3. The molecule has 118 valence electrons. The van der Waals surface area contributed by atoms with E-state index in [1.54, 1.807) is 18.4 Å². The van der Waals surface area contributed by atoms with Crippen LogP contribution in [0, 0.1) is 0 Å². The SMILES string of the molecule is O=C(NCC1(O)CCCc2ccccc21)c1cc2occc2[nH]1. The highest BCUT2D eigenvalue weighted by Gasteiger charge is 2.34. The molecule has 2 aromatic heterocycles. The fourth-order valence-electron chi connectivity index (χ4n) is 3.37. The third-order valence-corrected chi connectivity index (χ3v) is 4.58. The van der Waals surface area contributed by atoms with E-state index in [4.69, 9.17) is 4.42 Å². The van der Waals surface area contributed by atoms with Crippen molar-refractivity contribution in [1.82, 2.24) is 10.3 Å². The summed E-state index contributed by atoms with van der Waals surface area (Å²) in [7, 11) is 0. The first kappa shape index (κ1) is 14.1. The van der Waals surface area contributed by atoms with Gasteiger partial charge < -0.3 is 19.8 Å². The molecule has 1 atom stereocenters. The molecule has 0 saturated heterocycles. The third-order valence-electron chi connectivity index (χ3n) is 4.58. The van der Waals surface area contributed by atoms with Gasteiger partial charge >= 0.3 is 0 Å². The van der Waals surface area contributed by atoms with Gasteiger partial charge in [0.05, 0.1) is 18.3 Å². The van der Waals surface area contributed by atoms with Crippen molar-refractivity contribution in [3.8, 4) is 0 Å². The van der Waals surface area contributed by atoms with Crippen LogP contribution in [-0.2, 0) is 12.0 Å². The number of carbonyl (C=O) groups excluding carboxylic acids is 1. The van der Waals surface area contributed by atoms with Crippen LogP contribution in [0.4, 0.5) is 0 Å². The molecule has 1 aliphatic carbocycles. The van der Waals surface area contributed by atoms with Gasteiger partial charge in [0.1, 0.15) is 11.3 Å². The van der Waals surface area contributed by atoms with Crippen LogP contribution in [0.5, 0.6) is 0 Å². The number of aliphatic hydroxyl groups is 1. The van der Waals surface area contributed by atoms with E-state index >= 15 is 0 Å². The molecule has 0 bridgehead atoms. The predicted molar refractivity (Wildman–Crippen MR) is 86.2 cm³/mol. The zero-order valence-electron chi connectivity index (χ0n) is 12.6. The number of aromatic amines is 1. The van der Waals surface area contributed by atoms with E-state index < -0.39 is 5.60 Å². The Kier molecular flexibility index (Phi) is 3.23. The fourth-order valence-corrected chi connectivity index (χ4v) is 3.37. The molecule has 23 heavy (non-hydrogen) atoms. The molecule has 1 unspecified atom stereocenters. The zero-order valence-corrected chi connectivity index (χ0v) is 12.6. The molecule has 4 rings (SSSR count). The van der Waals surface area contributed by atoms with Crippen molar-refractivity contribution in [3.63, 3.8) is 0 Å². The summed E-state index contributed by atoms with van der Waals surface area (Å²) in [6.45, 7) is 0.198. The van der Waals surface area contributed by atoms with Crippen molar-refractivity contribution in [3.05, 3.63) is 59.5 Å². The average molecular weight is 310 g/mol. The molecule has 0 saturated carbocycles. The minimum Gasteiger partial charge on any atom is -0.463 e. The Bertz CT molecular complexity index is 835. The highest BCUT2D eigenvalue weighted by molar-refractivity contribution is 5.96. The molecule has 0 radical (unpaired) electrons. The molecular weight excluding hydrogens is 292 g/mol. The van der Waals surface area contributed by atoms with E-state index in [0.29, 0.717) is 17.7 Å². The van der Waals surface area contributed by atoms with Crippen molar-refractivity contribution < 1.29 is 14.3 Å². The van der Waals surface area contributed by atoms with Gasteiger partial charge in [0.15, 0.2) is 5.58 Å². The molecule has 0 aliphatic heterocycles. The highest BCUT2D eigenvalue weighted by atomic mass is 16.3. The van der Waals surface area contributed by atoms with Crippen molar-refractivity contribution in [2.24, 2.45) is 0 Å². The second kappa shape index (κ2) is 5.28. The summed E-state index contributed by atoms with van der Waals surface area (Å²) in [6.07, 6.45) is 4.11. The van der Waals surface area contributed by atoms with E-state index in [1.165, 1.54) is 0 Å². The van der Waals surface area contributed by atoms with Crippen molar-refractivity contribution in [1.29, 1.82) is 0 Å². The summed E-state index contributed by atoms with van der Waals surface area (Å²) >= 11 is 0. The van der Waals surface area contributed by atoms with Crippen LogP contribution in [0.1, 0.15) is 34.5 Å². The third kappa shape index (κ3) is 2.43. The Morgan fingerprint density at radius 1 is 1.35 bits per heavy atom. The van der Waals surface area contributed by atoms with Crippen LogP contribution in [0.2, 0.25) is 0 Å². The van der Waals surface area contributed by atoms with Gasteiger partial charge in [0, 0.05) is 12.1 Å². The molecule has 0 fully saturated rings. The lowest BCUT2D eigenvalue weighted by Gasteiger charge is -2.34. The summed E-state index contributed by atoms with van der Waals surface area (Å²) in [4.78, 5) is 15.3. The minimum atomic E-state index is -1.00. The average Bonchev–Trinajstić information content (AvgIpc) is 3.15. The minimum absolute atomic E-state index is 0.198. The standard InChI is InChI=1S/C18H18N2O3/c21-17(15-10-16-14(20-15)7-9-23-16)19-11-18(22)8-3-5-12-4-1-2-6-13(12)18/h1-2,4,6-7,9-10,20,22H,3,5,8,11H2,(H,19,21). The molecule has 1 aliphatic rings. The van der Waals surface area contributed by atoms with Gasteiger partial charge in [0.25, 0.3) is 5.91 Å². The second-order valence-corrected chi connectivity index (χ2v) is 6.11. The monoisotopic (exact) mass is 310 g/mol. The molecule has 1 aromatic carbocycles. The molecule has 5 nitrogen and oxygen atoms in total. The number of benzene rings is 1. The number of H-pyrrole nitrogens is 1. The number of fused-ring (bicyclic) bond motifs is 2. The van der Waals surface area contributed by atoms with Gasteiger partial charge in [-0.25, -0.2) is 0 Å². The van der Waals surface area contributed by atoms with Crippen molar-refractivity contribution >= 4 is 17.0 Å². The number of carbonyl (C=O) groups is 1. The number of nitrogens with one attached hydrogen (secondary N) is 2. The Balaban J connectivity index is 1.52. The summed E-state index contributed by atoms with van der Waals surface area (Å²) in [5, 5.41) is 13.8. The molecule has 3 aromatic rings. The Labute approximate surface area is 133 Å². The normalized spacial score (nSPS) is 20.4. The largest absolute Gasteiger partial charge is 0.463 e. The maximum Gasteiger partial charge on any atom is 0.267 e. The van der Waals surface area contributed by atoms with Crippen LogP contribution in [0.3, 0.4) is 0 Å². The lowest BCUT2D eigenvalue weighted by atomic mass is 9.79. The van der Waals surface area contributed by atoms with Crippen LogP contribution < -0.4 is 5.32 Å². The van der Waals surface area contributed by atoms with E-state index in [1.807, 2.05) is 24.3 Å². The number of furan rings is 1. The highest BCUT2D eigenvalue weighted by Crippen LogP contribution is 2.34. The lowest BCUT2D eigenvalue weighted by Crippen LogP contribution is -2.43. The summed E-state index contributed by atoms with van der Waals surface area (Å²) < 4.78 is 5.25. The molecule has 5 heteroatoms. The summed E-state index contributed by atoms with van der Waals surface area (Å²) in [6, 6.07) is 11.3. The molecule has 2 heterocycles. The van der Waals surface area contributed by atoms with Crippen molar-refractivity contribution in [2.75, 3.05) is 6.54 Å². The first-order chi connectivity index (χ1) is 11.2. The smallest absolute Gasteiger partial charge is 0.267 e. The van der Waals surface area contributed by atoms with E-state index in [0.717, 1.165) is 29.5 Å². The lowest BCUT2D eigenvalue weighted by molar-refractivity contribution is 0.0189. The number of amides is 1. The Hall–Kier alpha value is -2.53. The maximum atomic E-state index is 12.3. The predicted octanol–water partition coefficient (Wildman–Crippen LogP) is 2.71. The zero-order chi connectivity index (χ0) is 15.9. The van der Waals surface area contributed by atoms with Gasteiger partial charge in [-0.3, -0.25) is 4.79 Å². The van der Waals surface area contributed by atoms with Crippen LogP contribution in [0.15, 0.2) is 47.1 Å². The van der Waals surface area contributed by atoms with E-state index in [9.17, 15) is 9.90 Å². The number of rotatable bonds is 3. The molecule has 3 N–H and O–H groups in total. The first-order valence-corrected chi connectivity index (χ1v) is 7.81. The van der Waals surface area contributed by atoms with Gasteiger partial charge in [-0.2, -0.15) is 0 Å². The quantitative estimate of drug-likeness (QED) is 0.696. The second-order valence-electron chi connectivity index (χ2n) is 6.11. The van der Waals surface area contributed by atoms with E-state index in [-0.39, 0.29) is 12.5 Å². The summed E-state index contributed by atoms with van der Waals surface area (Å²) in [5.74, 6) is -0.243. The Morgan fingerprint density at radius 2 is 2.22 bits per heavy atom. The number of aromatic nitrogens is 1. The number of aryl methyl sites for hydroxylation is 1. The van der Waals surface area contributed by atoms with Crippen LogP contribution in [-0.4, -0.2) is 22.5 Å².